The van der Waals surface area contributed by atoms with Crippen molar-refractivity contribution in [3.05, 3.63) is 46.4 Å². The van der Waals surface area contributed by atoms with Gasteiger partial charge in [-0.1, -0.05) is 26.3 Å². The molecule has 0 aliphatic carbocycles. The molecule has 0 radical (unpaired) electrons. The maximum atomic E-state index is 12.8. The van der Waals surface area contributed by atoms with Crippen LogP contribution >= 0.6 is 0 Å². The number of likely N-dealkylation sites (N-methyl/N-ethyl adjacent to an activating group) is 1. The standard InChI is InChI=1S/C23H33N5O3/c1-5-7-18-20(23(30)31-4)16(3)26-21(18)22(29)25-15-17-8-9-19(24-14-17)28-12-10-27(6-2)11-13-28/h8-9,14,26H,5-7,10-13,15H2,1-4H3,(H,25,29). The second kappa shape index (κ2) is 10.4. The van der Waals surface area contributed by atoms with Crippen molar-refractivity contribution in [3.63, 3.8) is 0 Å². The van der Waals surface area contributed by atoms with Gasteiger partial charge < -0.3 is 24.8 Å². The number of rotatable bonds is 8. The fourth-order valence-corrected chi connectivity index (χ4v) is 4.02. The lowest BCUT2D eigenvalue weighted by molar-refractivity contribution is 0.0599. The van der Waals surface area contributed by atoms with Crippen LogP contribution in [-0.2, 0) is 17.7 Å². The van der Waals surface area contributed by atoms with E-state index in [2.05, 4.69) is 32.0 Å². The third-order valence-electron chi connectivity index (χ3n) is 5.81. The van der Waals surface area contributed by atoms with Gasteiger partial charge in [-0.3, -0.25) is 4.79 Å². The number of hydrogen-bond donors (Lipinski definition) is 2. The Hall–Kier alpha value is -2.87. The van der Waals surface area contributed by atoms with Crippen molar-refractivity contribution < 1.29 is 14.3 Å². The summed E-state index contributed by atoms with van der Waals surface area (Å²) >= 11 is 0. The molecule has 0 unspecified atom stereocenters. The van der Waals surface area contributed by atoms with Gasteiger partial charge >= 0.3 is 5.97 Å². The SMILES string of the molecule is CCCc1c(C(=O)NCc2ccc(N3CCN(CC)CC3)nc2)[nH]c(C)c1C(=O)OC. The van der Waals surface area contributed by atoms with Gasteiger partial charge in [-0.05, 0) is 37.1 Å². The van der Waals surface area contributed by atoms with Crippen LogP contribution in [0.2, 0.25) is 0 Å². The lowest BCUT2D eigenvalue weighted by atomic mass is 10.0. The number of pyridine rings is 1. The van der Waals surface area contributed by atoms with Gasteiger partial charge in [-0.15, -0.1) is 0 Å². The smallest absolute Gasteiger partial charge is 0.339 e. The largest absolute Gasteiger partial charge is 0.465 e. The van der Waals surface area contributed by atoms with E-state index in [9.17, 15) is 9.59 Å². The number of hydrogen-bond acceptors (Lipinski definition) is 6. The van der Waals surface area contributed by atoms with E-state index in [4.69, 9.17) is 4.74 Å². The van der Waals surface area contributed by atoms with E-state index in [-0.39, 0.29) is 5.91 Å². The van der Waals surface area contributed by atoms with Gasteiger partial charge in [0.25, 0.3) is 5.91 Å². The Labute approximate surface area is 184 Å². The van der Waals surface area contributed by atoms with Crippen LogP contribution in [0.5, 0.6) is 0 Å². The number of anilines is 1. The molecule has 1 saturated heterocycles. The summed E-state index contributed by atoms with van der Waals surface area (Å²) in [7, 11) is 1.35. The van der Waals surface area contributed by atoms with Gasteiger partial charge in [0.05, 0.1) is 12.7 Å². The summed E-state index contributed by atoms with van der Waals surface area (Å²) in [5, 5.41) is 2.94. The molecule has 0 bridgehead atoms. The number of carbonyl (C=O) groups excluding carboxylic acids is 2. The summed E-state index contributed by atoms with van der Waals surface area (Å²) in [5.41, 5.74) is 3.18. The van der Waals surface area contributed by atoms with E-state index in [1.165, 1.54) is 7.11 Å². The molecule has 0 spiro atoms. The predicted octanol–water partition coefficient (Wildman–Crippen LogP) is 2.53. The number of esters is 1. The van der Waals surface area contributed by atoms with Crippen LogP contribution in [0, 0.1) is 6.92 Å². The summed E-state index contributed by atoms with van der Waals surface area (Å²) in [6.07, 6.45) is 3.26. The van der Waals surface area contributed by atoms with E-state index >= 15 is 0 Å². The molecule has 2 N–H and O–H groups in total. The second-order valence-corrected chi connectivity index (χ2v) is 7.85. The molecule has 3 rings (SSSR count). The number of nitrogens with one attached hydrogen (secondary N) is 2. The number of methoxy groups -OCH3 is 1. The number of amides is 1. The number of carbonyl (C=O) groups is 2. The van der Waals surface area contributed by atoms with Crippen LogP contribution in [0.4, 0.5) is 5.82 Å². The maximum absolute atomic E-state index is 12.8. The van der Waals surface area contributed by atoms with Crippen molar-refractivity contribution in [2.45, 2.75) is 40.2 Å². The number of ether oxygens (including phenoxy) is 1. The van der Waals surface area contributed by atoms with Crippen molar-refractivity contribution in [2.24, 2.45) is 0 Å². The van der Waals surface area contributed by atoms with Gasteiger partial charge in [-0.25, -0.2) is 9.78 Å². The van der Waals surface area contributed by atoms with E-state index in [1.54, 1.807) is 6.92 Å². The summed E-state index contributed by atoms with van der Waals surface area (Å²) in [4.78, 5) is 37.4. The number of H-pyrrole nitrogens is 1. The lowest BCUT2D eigenvalue weighted by Gasteiger charge is -2.34. The zero-order valence-electron chi connectivity index (χ0n) is 19.0. The highest BCUT2D eigenvalue weighted by Gasteiger charge is 2.24. The molecule has 0 aromatic carbocycles. The van der Waals surface area contributed by atoms with Gasteiger partial charge in [0.15, 0.2) is 0 Å². The molecule has 168 valence electrons. The molecule has 8 heteroatoms. The van der Waals surface area contributed by atoms with E-state index in [1.807, 2.05) is 25.3 Å². The minimum atomic E-state index is -0.421. The average Bonchev–Trinajstić information content (AvgIpc) is 3.13. The molecule has 8 nitrogen and oxygen atoms in total. The molecule has 1 aliphatic rings. The third-order valence-corrected chi connectivity index (χ3v) is 5.81. The Kier molecular flexibility index (Phi) is 7.68. The normalized spacial score (nSPS) is 14.5. The maximum Gasteiger partial charge on any atom is 0.339 e. The Morgan fingerprint density at radius 1 is 1.19 bits per heavy atom. The highest BCUT2D eigenvalue weighted by atomic mass is 16.5. The van der Waals surface area contributed by atoms with Gasteiger partial charge in [0.2, 0.25) is 0 Å². The Morgan fingerprint density at radius 3 is 2.52 bits per heavy atom. The van der Waals surface area contributed by atoms with Crippen LogP contribution in [0.15, 0.2) is 18.3 Å². The van der Waals surface area contributed by atoms with Crippen LogP contribution in [0.25, 0.3) is 0 Å². The molecule has 31 heavy (non-hydrogen) atoms. The van der Waals surface area contributed by atoms with Crippen molar-refractivity contribution in [1.29, 1.82) is 0 Å². The molecule has 1 amide bonds. The first-order valence-electron chi connectivity index (χ1n) is 11.0. The van der Waals surface area contributed by atoms with Gasteiger partial charge in [-0.2, -0.15) is 0 Å². The average molecular weight is 428 g/mol. The molecule has 2 aromatic heterocycles. The minimum absolute atomic E-state index is 0.235. The molecule has 1 fully saturated rings. The van der Waals surface area contributed by atoms with E-state index in [0.717, 1.165) is 50.5 Å². The zero-order chi connectivity index (χ0) is 22.4. The van der Waals surface area contributed by atoms with Gasteiger partial charge in [0.1, 0.15) is 11.5 Å². The first kappa shape index (κ1) is 22.8. The number of aromatic nitrogens is 2. The molecule has 3 heterocycles. The highest BCUT2D eigenvalue weighted by molar-refractivity contribution is 6.00. The summed E-state index contributed by atoms with van der Waals surface area (Å²) in [5.74, 6) is 0.316. The molecular formula is C23H33N5O3. The first-order valence-corrected chi connectivity index (χ1v) is 11.0. The Morgan fingerprint density at radius 2 is 1.94 bits per heavy atom. The highest BCUT2D eigenvalue weighted by Crippen LogP contribution is 2.22. The van der Waals surface area contributed by atoms with Crippen molar-refractivity contribution in [2.75, 3.05) is 44.7 Å². The zero-order valence-corrected chi connectivity index (χ0v) is 19.0. The van der Waals surface area contributed by atoms with Gasteiger partial charge in [0, 0.05) is 44.6 Å². The van der Waals surface area contributed by atoms with Crippen molar-refractivity contribution in [1.82, 2.24) is 20.2 Å². The van der Waals surface area contributed by atoms with Crippen LogP contribution in [-0.4, -0.2) is 66.6 Å². The third kappa shape index (κ3) is 5.25. The molecule has 0 atom stereocenters. The molecule has 2 aromatic rings. The summed E-state index contributed by atoms with van der Waals surface area (Å²) < 4.78 is 4.89. The number of piperazine rings is 1. The number of aromatic amines is 1. The fraction of sp³-hybridized carbons (Fsp3) is 0.522. The predicted molar refractivity (Wildman–Crippen MR) is 121 cm³/mol. The van der Waals surface area contributed by atoms with E-state index in [0.29, 0.717) is 35.5 Å². The fourth-order valence-electron chi connectivity index (χ4n) is 4.02. The minimum Gasteiger partial charge on any atom is -0.465 e. The summed E-state index contributed by atoms with van der Waals surface area (Å²) in [6.45, 7) is 11.5. The first-order chi connectivity index (χ1) is 15.0. The Bertz CT molecular complexity index is 899. The van der Waals surface area contributed by atoms with Crippen LogP contribution < -0.4 is 10.2 Å². The number of aryl methyl sites for hydroxylation is 1. The Balaban J connectivity index is 1.64. The topological polar surface area (TPSA) is 90.6 Å². The van der Waals surface area contributed by atoms with Crippen LogP contribution in [0.1, 0.15) is 57.9 Å². The lowest BCUT2D eigenvalue weighted by Crippen LogP contribution is -2.46. The molecule has 1 aliphatic heterocycles. The van der Waals surface area contributed by atoms with Crippen molar-refractivity contribution >= 4 is 17.7 Å². The molecule has 0 saturated carbocycles. The quantitative estimate of drug-likeness (QED) is 0.629. The number of nitrogens with zero attached hydrogens (tertiary/aromatic N) is 3. The van der Waals surface area contributed by atoms with Crippen LogP contribution in [0.3, 0.4) is 0 Å². The summed E-state index contributed by atoms with van der Waals surface area (Å²) in [6, 6.07) is 4.02. The molecular weight excluding hydrogens is 394 g/mol. The van der Waals surface area contributed by atoms with Crippen molar-refractivity contribution in [3.8, 4) is 0 Å². The monoisotopic (exact) mass is 427 g/mol. The van der Waals surface area contributed by atoms with E-state index < -0.39 is 5.97 Å². The second-order valence-electron chi connectivity index (χ2n) is 7.85.